The molecule has 0 bridgehead atoms. The summed E-state index contributed by atoms with van der Waals surface area (Å²) in [6, 6.07) is 6.15. The van der Waals surface area contributed by atoms with Crippen molar-refractivity contribution in [3.05, 3.63) is 30.1 Å². The van der Waals surface area contributed by atoms with E-state index in [4.69, 9.17) is 0 Å². The SMILES string of the molecule is CCc1cc2cccnc2c(NC(C)(C)C)n1. The Morgan fingerprint density at radius 1 is 1.29 bits per heavy atom. The number of hydrogen-bond donors (Lipinski definition) is 1. The highest BCUT2D eigenvalue weighted by molar-refractivity contribution is 5.88. The van der Waals surface area contributed by atoms with Crippen LogP contribution in [-0.4, -0.2) is 15.5 Å². The molecule has 0 aromatic carbocycles. The first-order chi connectivity index (χ1) is 7.99. The molecule has 3 heteroatoms. The summed E-state index contributed by atoms with van der Waals surface area (Å²) in [6.07, 6.45) is 2.74. The predicted octanol–water partition coefficient (Wildman–Crippen LogP) is 3.40. The van der Waals surface area contributed by atoms with E-state index >= 15 is 0 Å². The summed E-state index contributed by atoms with van der Waals surface area (Å²) in [7, 11) is 0. The normalized spacial score (nSPS) is 11.8. The third-order valence-corrected chi connectivity index (χ3v) is 2.50. The third-order valence-electron chi connectivity index (χ3n) is 2.50. The van der Waals surface area contributed by atoms with Crippen molar-refractivity contribution >= 4 is 16.7 Å². The lowest BCUT2D eigenvalue weighted by atomic mass is 10.1. The van der Waals surface area contributed by atoms with E-state index in [0.717, 1.165) is 28.8 Å². The van der Waals surface area contributed by atoms with Gasteiger partial charge in [-0.25, -0.2) is 4.98 Å². The van der Waals surface area contributed by atoms with Crippen LogP contribution in [0.1, 0.15) is 33.4 Å². The van der Waals surface area contributed by atoms with Crippen molar-refractivity contribution < 1.29 is 0 Å². The molecule has 0 unspecified atom stereocenters. The van der Waals surface area contributed by atoms with Crippen molar-refractivity contribution in [2.75, 3.05) is 5.32 Å². The Kier molecular flexibility index (Phi) is 3.01. The van der Waals surface area contributed by atoms with Crippen LogP contribution in [0.5, 0.6) is 0 Å². The van der Waals surface area contributed by atoms with Gasteiger partial charge in [0.15, 0.2) is 5.82 Å². The average Bonchev–Trinajstić information content (AvgIpc) is 2.26. The molecule has 0 spiro atoms. The van der Waals surface area contributed by atoms with Crippen molar-refractivity contribution in [3.8, 4) is 0 Å². The van der Waals surface area contributed by atoms with Gasteiger partial charge in [-0.1, -0.05) is 13.0 Å². The van der Waals surface area contributed by atoms with Gasteiger partial charge in [0, 0.05) is 22.8 Å². The number of nitrogens with one attached hydrogen (secondary N) is 1. The second kappa shape index (κ2) is 4.32. The minimum Gasteiger partial charge on any atom is -0.364 e. The molecule has 0 fully saturated rings. The summed E-state index contributed by atoms with van der Waals surface area (Å²) in [5, 5.41) is 4.57. The molecule has 0 aliphatic carbocycles. The molecule has 0 atom stereocenters. The summed E-state index contributed by atoms with van der Waals surface area (Å²) in [4.78, 5) is 9.05. The fraction of sp³-hybridized carbons (Fsp3) is 0.429. The maximum atomic E-state index is 4.63. The Labute approximate surface area is 102 Å². The highest BCUT2D eigenvalue weighted by Crippen LogP contribution is 2.23. The van der Waals surface area contributed by atoms with Gasteiger partial charge >= 0.3 is 0 Å². The van der Waals surface area contributed by atoms with Gasteiger partial charge in [0.2, 0.25) is 0 Å². The van der Waals surface area contributed by atoms with Crippen LogP contribution in [0.2, 0.25) is 0 Å². The molecule has 0 aliphatic heterocycles. The molecule has 2 aromatic heterocycles. The van der Waals surface area contributed by atoms with Crippen LogP contribution in [0.4, 0.5) is 5.82 Å². The summed E-state index contributed by atoms with van der Waals surface area (Å²) in [5.41, 5.74) is 2.03. The molecule has 17 heavy (non-hydrogen) atoms. The van der Waals surface area contributed by atoms with Crippen molar-refractivity contribution in [1.29, 1.82) is 0 Å². The Balaban J connectivity index is 2.58. The number of fused-ring (bicyclic) bond motifs is 1. The lowest BCUT2D eigenvalue weighted by Gasteiger charge is -2.22. The Morgan fingerprint density at radius 3 is 2.71 bits per heavy atom. The molecule has 2 rings (SSSR count). The van der Waals surface area contributed by atoms with Crippen LogP contribution in [0.3, 0.4) is 0 Å². The number of hydrogen-bond acceptors (Lipinski definition) is 3. The summed E-state index contributed by atoms with van der Waals surface area (Å²) < 4.78 is 0. The standard InChI is InChI=1S/C14H19N3/c1-5-11-9-10-7-6-8-15-12(10)13(16-11)17-14(2,3)4/h6-9H,5H2,1-4H3,(H,16,17). The molecule has 90 valence electrons. The Morgan fingerprint density at radius 2 is 2.06 bits per heavy atom. The van der Waals surface area contributed by atoms with Crippen molar-refractivity contribution in [2.24, 2.45) is 0 Å². The van der Waals surface area contributed by atoms with Crippen LogP contribution in [-0.2, 0) is 6.42 Å². The second-order valence-corrected chi connectivity index (χ2v) is 5.27. The maximum Gasteiger partial charge on any atom is 0.153 e. The lowest BCUT2D eigenvalue weighted by Crippen LogP contribution is -2.27. The molecule has 3 nitrogen and oxygen atoms in total. The molecule has 0 saturated heterocycles. The Hall–Kier alpha value is -1.64. The zero-order valence-corrected chi connectivity index (χ0v) is 10.9. The van der Waals surface area contributed by atoms with Crippen molar-refractivity contribution in [3.63, 3.8) is 0 Å². The second-order valence-electron chi connectivity index (χ2n) is 5.27. The fourth-order valence-corrected chi connectivity index (χ4v) is 1.76. The van der Waals surface area contributed by atoms with E-state index in [0.29, 0.717) is 0 Å². The highest BCUT2D eigenvalue weighted by Gasteiger charge is 2.14. The molecular formula is C14H19N3. The van der Waals surface area contributed by atoms with E-state index in [2.05, 4.69) is 55.1 Å². The molecule has 2 heterocycles. The molecule has 2 aromatic rings. The number of nitrogens with zero attached hydrogens (tertiary/aromatic N) is 2. The molecule has 0 saturated carbocycles. The van der Waals surface area contributed by atoms with Crippen LogP contribution >= 0.6 is 0 Å². The Bertz CT molecular complexity index is 526. The van der Waals surface area contributed by atoms with E-state index in [1.54, 1.807) is 0 Å². The number of pyridine rings is 2. The van der Waals surface area contributed by atoms with Gasteiger partial charge in [0.05, 0.1) is 0 Å². The molecule has 0 amide bonds. The van der Waals surface area contributed by atoms with Gasteiger partial charge in [-0.2, -0.15) is 0 Å². The van der Waals surface area contributed by atoms with Crippen LogP contribution < -0.4 is 5.32 Å². The number of anilines is 1. The van der Waals surface area contributed by atoms with Crippen LogP contribution in [0.25, 0.3) is 10.9 Å². The first kappa shape index (κ1) is 11.8. The molecule has 0 aliphatic rings. The minimum absolute atomic E-state index is 0.0101. The van der Waals surface area contributed by atoms with Crippen LogP contribution in [0.15, 0.2) is 24.4 Å². The van der Waals surface area contributed by atoms with Gasteiger partial charge < -0.3 is 5.32 Å². The van der Waals surface area contributed by atoms with Crippen LogP contribution in [0, 0.1) is 0 Å². The topological polar surface area (TPSA) is 37.8 Å². The largest absolute Gasteiger partial charge is 0.364 e. The minimum atomic E-state index is -0.0101. The first-order valence-corrected chi connectivity index (χ1v) is 6.02. The number of rotatable bonds is 2. The van der Waals surface area contributed by atoms with Gasteiger partial charge in [0.25, 0.3) is 0 Å². The van der Waals surface area contributed by atoms with E-state index in [-0.39, 0.29) is 5.54 Å². The van der Waals surface area contributed by atoms with Gasteiger partial charge in [0.1, 0.15) is 5.52 Å². The zero-order valence-electron chi connectivity index (χ0n) is 10.9. The van der Waals surface area contributed by atoms with Gasteiger partial charge in [-0.3, -0.25) is 4.98 Å². The van der Waals surface area contributed by atoms with Crippen molar-refractivity contribution in [2.45, 2.75) is 39.7 Å². The summed E-state index contributed by atoms with van der Waals surface area (Å²) in [6.45, 7) is 8.50. The fourth-order valence-electron chi connectivity index (χ4n) is 1.76. The molecular weight excluding hydrogens is 210 g/mol. The summed E-state index contributed by atoms with van der Waals surface area (Å²) >= 11 is 0. The molecule has 0 radical (unpaired) electrons. The van der Waals surface area contributed by atoms with E-state index in [1.165, 1.54) is 0 Å². The molecule has 1 N–H and O–H groups in total. The monoisotopic (exact) mass is 229 g/mol. The predicted molar refractivity (Wildman–Crippen MR) is 72.3 cm³/mol. The zero-order chi connectivity index (χ0) is 12.5. The number of aromatic nitrogens is 2. The first-order valence-electron chi connectivity index (χ1n) is 6.02. The number of aryl methyl sites for hydroxylation is 1. The van der Waals surface area contributed by atoms with E-state index < -0.39 is 0 Å². The third kappa shape index (κ3) is 2.73. The van der Waals surface area contributed by atoms with Crippen molar-refractivity contribution in [1.82, 2.24) is 9.97 Å². The highest BCUT2D eigenvalue weighted by atomic mass is 15.1. The van der Waals surface area contributed by atoms with Gasteiger partial charge in [-0.05, 0) is 39.3 Å². The van der Waals surface area contributed by atoms with Gasteiger partial charge in [-0.15, -0.1) is 0 Å². The van der Waals surface area contributed by atoms with E-state index in [1.807, 2.05) is 12.3 Å². The van der Waals surface area contributed by atoms with E-state index in [9.17, 15) is 0 Å². The quantitative estimate of drug-likeness (QED) is 0.857. The maximum absolute atomic E-state index is 4.63. The smallest absolute Gasteiger partial charge is 0.153 e. The lowest BCUT2D eigenvalue weighted by molar-refractivity contribution is 0.630. The average molecular weight is 229 g/mol. The summed E-state index contributed by atoms with van der Waals surface area (Å²) in [5.74, 6) is 0.882.